The molecule has 3 aromatic rings. The first-order valence-corrected chi connectivity index (χ1v) is 12.7. The van der Waals surface area contributed by atoms with Crippen molar-refractivity contribution in [2.24, 2.45) is 0 Å². The first kappa shape index (κ1) is 51.1. The quantitative estimate of drug-likeness (QED) is 0.0653. The maximum absolute atomic E-state index is 10.5. The van der Waals surface area contributed by atoms with E-state index in [1.54, 1.807) is 12.1 Å². The van der Waals surface area contributed by atoms with Crippen LogP contribution in [0.3, 0.4) is 0 Å². The van der Waals surface area contributed by atoms with Gasteiger partial charge in [0.25, 0.3) is 10.1 Å². The fraction of sp³-hybridized carbons (Fsp3) is 0.217. The molecule has 0 aliphatic rings. The van der Waals surface area contributed by atoms with Crippen molar-refractivity contribution in [3.63, 3.8) is 0 Å². The third kappa shape index (κ3) is 21.1. The van der Waals surface area contributed by atoms with Crippen molar-refractivity contribution in [2.75, 3.05) is 5.73 Å². The zero-order valence-corrected chi connectivity index (χ0v) is 32.8. The first-order chi connectivity index (χ1) is 14.4. The summed E-state index contributed by atoms with van der Waals surface area (Å²) in [6.07, 6.45) is 0. The minimum atomic E-state index is -4.02. The van der Waals surface area contributed by atoms with Crippen LogP contribution in [-0.4, -0.2) is 18.2 Å². The second-order valence-corrected chi connectivity index (χ2v) is 10.4. The average Bonchev–Trinajstić information content (AvgIpc) is 2.72. The molecule has 0 saturated heterocycles. The van der Waals surface area contributed by atoms with Crippen molar-refractivity contribution in [1.29, 1.82) is 0 Å². The largest absolute Gasteiger partial charge is 1.00 e. The number of hydrogen-bond donors (Lipinski definition) is 3. The standard InChI is InChI=1S/C7H6BrI.C7H8BrN.C7H8O3S.2CH4.HI.K.Na.H2O2/c2*1-5-6(8)3-2-4-7(5)9;1-6-2-4-7(5-3-6)11(8,9)10;;;;;;1-2/h2-4H,1H3;2-4H,9H2,1H3;2-5H,1H3,(H,8,9,10);2*1H4;1H;;;1-2H/q;;;;;;2*+1;/p-2. The van der Waals surface area contributed by atoms with Crippen LogP contribution in [0.2, 0.25) is 0 Å². The van der Waals surface area contributed by atoms with Crippen LogP contribution in [0.5, 0.6) is 0 Å². The maximum atomic E-state index is 10.5. The molecule has 0 saturated carbocycles. The summed E-state index contributed by atoms with van der Waals surface area (Å²) in [5, 5.41) is 13.0. The number of hydrogen-bond acceptors (Lipinski definition) is 5. The average molecular weight is 909 g/mol. The Kier molecular flexibility index (Phi) is 39.1. The van der Waals surface area contributed by atoms with Gasteiger partial charge in [0.1, 0.15) is 0 Å². The molecule has 0 aromatic heterocycles. The zero-order valence-electron chi connectivity index (χ0n) is 19.4. The summed E-state index contributed by atoms with van der Waals surface area (Å²) in [5.41, 5.74) is 9.81. The van der Waals surface area contributed by atoms with E-state index < -0.39 is 10.1 Å². The van der Waals surface area contributed by atoms with Gasteiger partial charge in [-0.1, -0.05) is 76.5 Å². The van der Waals surface area contributed by atoms with Gasteiger partial charge in [-0.3, -0.25) is 4.55 Å². The Balaban J connectivity index is -0.0000000852. The summed E-state index contributed by atoms with van der Waals surface area (Å²) in [6.45, 7) is 5.93. The Morgan fingerprint density at radius 1 is 0.833 bits per heavy atom. The molecule has 0 amide bonds. The molecule has 0 unspecified atom stereocenters. The molecule has 0 bridgehead atoms. The van der Waals surface area contributed by atoms with Crippen molar-refractivity contribution in [3.05, 3.63) is 89.9 Å². The van der Waals surface area contributed by atoms with Gasteiger partial charge in [0.05, 0.1) is 4.90 Å². The van der Waals surface area contributed by atoms with Crippen molar-refractivity contribution in [3.8, 4) is 0 Å². The Morgan fingerprint density at radius 2 is 1.22 bits per heavy atom. The van der Waals surface area contributed by atoms with E-state index in [9.17, 15) is 8.42 Å². The van der Waals surface area contributed by atoms with Crippen LogP contribution in [-0.2, 0) is 10.1 Å². The van der Waals surface area contributed by atoms with E-state index in [-0.39, 0.29) is 125 Å². The molecule has 0 aliphatic heterocycles. The molecule has 0 fully saturated rings. The molecule has 194 valence electrons. The van der Waals surface area contributed by atoms with Crippen LogP contribution in [0, 0.1) is 24.3 Å². The van der Waals surface area contributed by atoms with Crippen LogP contribution in [0.15, 0.2) is 74.5 Å². The third-order valence-corrected chi connectivity index (χ3v) is 7.58. The Labute approximate surface area is 328 Å². The molecule has 0 spiro atoms. The first-order valence-electron chi connectivity index (χ1n) is 8.57. The second kappa shape index (κ2) is 27.5. The SMILES string of the molecule is C.C.Cc1c(Br)cccc1I.Cc1c(N)cccc1Br.Cc1ccc(S(=O)(=O)O)cc1.[I-].[K+].[Na+].[O-]O. The molecule has 6 nitrogen and oxygen atoms in total. The van der Waals surface area contributed by atoms with Crippen molar-refractivity contribution in [2.45, 2.75) is 40.5 Å². The van der Waals surface area contributed by atoms with Gasteiger partial charge >= 0.3 is 80.9 Å². The van der Waals surface area contributed by atoms with Crippen LogP contribution in [0.25, 0.3) is 0 Å². The predicted octanol–water partition coefficient (Wildman–Crippen LogP) is -1.95. The van der Waals surface area contributed by atoms with Gasteiger partial charge in [0, 0.05) is 18.2 Å². The molecular formula is C23H31Br2I2KNNaO5S. The number of benzene rings is 3. The molecular weight excluding hydrogens is 878 g/mol. The third-order valence-electron chi connectivity index (χ3n) is 3.83. The summed E-state index contributed by atoms with van der Waals surface area (Å²) in [7, 11) is -4.02. The van der Waals surface area contributed by atoms with E-state index in [0.717, 1.165) is 21.3 Å². The van der Waals surface area contributed by atoms with Gasteiger partial charge in [-0.2, -0.15) is 8.42 Å². The normalized spacial score (nSPS) is 8.47. The summed E-state index contributed by atoms with van der Waals surface area (Å²) < 4.78 is 33.1. The Morgan fingerprint density at radius 3 is 1.53 bits per heavy atom. The molecule has 36 heavy (non-hydrogen) atoms. The van der Waals surface area contributed by atoms with Crippen LogP contribution in [0.4, 0.5) is 5.69 Å². The number of nitrogens with two attached hydrogens (primary N) is 1. The summed E-state index contributed by atoms with van der Waals surface area (Å²) in [5.74, 6) is 0. The van der Waals surface area contributed by atoms with Crippen LogP contribution >= 0.6 is 54.5 Å². The van der Waals surface area contributed by atoms with E-state index >= 15 is 0 Å². The minimum Gasteiger partial charge on any atom is -1.00 e. The Bertz CT molecular complexity index is 991. The van der Waals surface area contributed by atoms with Gasteiger partial charge in [-0.15, -0.1) is 0 Å². The number of rotatable bonds is 1. The van der Waals surface area contributed by atoms with Crippen molar-refractivity contribution >= 4 is 70.3 Å². The van der Waals surface area contributed by atoms with E-state index in [4.69, 9.17) is 20.8 Å². The van der Waals surface area contributed by atoms with E-state index in [1.807, 2.05) is 38.1 Å². The fourth-order valence-electron chi connectivity index (χ4n) is 1.92. The Hall–Kier alpha value is 2.35. The fourth-order valence-corrected chi connectivity index (χ4v) is 4.01. The van der Waals surface area contributed by atoms with Gasteiger partial charge in [0.15, 0.2) is 0 Å². The van der Waals surface area contributed by atoms with Gasteiger partial charge < -0.3 is 40.2 Å². The number of aryl methyl sites for hydroxylation is 1. The van der Waals surface area contributed by atoms with E-state index in [2.05, 4.69) is 73.5 Å². The second-order valence-electron chi connectivity index (χ2n) is 6.09. The summed E-state index contributed by atoms with van der Waals surface area (Å²) >= 11 is 9.13. The molecule has 4 N–H and O–H groups in total. The van der Waals surface area contributed by atoms with Crippen LogP contribution < -0.4 is 116 Å². The maximum Gasteiger partial charge on any atom is 1.00 e. The topological polar surface area (TPSA) is 124 Å². The van der Waals surface area contributed by atoms with Gasteiger partial charge in [-0.25, -0.2) is 0 Å². The van der Waals surface area contributed by atoms with Crippen molar-refractivity contribution in [1.82, 2.24) is 0 Å². The van der Waals surface area contributed by atoms with Gasteiger partial charge in [-0.05, 0) is 90.9 Å². The van der Waals surface area contributed by atoms with E-state index in [0.29, 0.717) is 0 Å². The number of nitrogen functional groups attached to an aromatic ring is 1. The molecule has 0 atom stereocenters. The molecule has 0 heterocycles. The molecule has 3 aromatic carbocycles. The predicted molar refractivity (Wildman–Crippen MR) is 152 cm³/mol. The number of halogens is 4. The van der Waals surface area contributed by atoms with Gasteiger partial charge in [0.2, 0.25) is 0 Å². The zero-order chi connectivity index (χ0) is 24.2. The minimum absolute atomic E-state index is 0. The smallest absolute Gasteiger partial charge is 1.00 e. The monoisotopic (exact) mass is 907 g/mol. The summed E-state index contributed by atoms with van der Waals surface area (Å²) in [4.78, 5) is -0.0666. The molecule has 13 heteroatoms. The molecule has 0 aliphatic carbocycles. The summed E-state index contributed by atoms with van der Waals surface area (Å²) in [6, 6.07) is 18.0. The van der Waals surface area contributed by atoms with Crippen LogP contribution in [0.1, 0.15) is 31.5 Å². The van der Waals surface area contributed by atoms with E-state index in [1.165, 1.54) is 25.7 Å². The van der Waals surface area contributed by atoms with Crippen molar-refractivity contribution < 1.29 is 128 Å². The molecule has 3 rings (SSSR count). The number of anilines is 1. The molecule has 0 radical (unpaired) electrons.